The van der Waals surface area contributed by atoms with E-state index in [2.05, 4.69) is 13.2 Å². The van der Waals surface area contributed by atoms with E-state index in [1.165, 1.54) is 12.2 Å². The van der Waals surface area contributed by atoms with Crippen molar-refractivity contribution in [2.24, 2.45) is 0 Å². The molecule has 1 aromatic rings. The summed E-state index contributed by atoms with van der Waals surface area (Å²) in [6.45, 7) is 7.42. The second kappa shape index (κ2) is 7.59. The summed E-state index contributed by atoms with van der Waals surface area (Å²) in [5.41, 5.74) is 2.90. The molecule has 4 heteroatoms. The van der Waals surface area contributed by atoms with Gasteiger partial charge in [-0.2, -0.15) is 0 Å². The summed E-state index contributed by atoms with van der Waals surface area (Å²) in [5, 5.41) is 0. The Morgan fingerprint density at radius 1 is 0.909 bits per heavy atom. The van der Waals surface area contributed by atoms with Crippen LogP contribution in [0.25, 0.3) is 0 Å². The topological polar surface area (TPSA) is 52.6 Å². The molecule has 0 aliphatic heterocycles. The minimum atomic E-state index is -0.371. The van der Waals surface area contributed by atoms with Crippen LogP contribution < -0.4 is 0 Å². The van der Waals surface area contributed by atoms with Crippen molar-refractivity contribution in [1.82, 2.24) is 0 Å². The van der Waals surface area contributed by atoms with Gasteiger partial charge in [0.05, 0.1) is 11.1 Å². The molecule has 4 nitrogen and oxygen atoms in total. The fourth-order valence-corrected chi connectivity index (χ4v) is 2.67. The van der Waals surface area contributed by atoms with Gasteiger partial charge in [0.2, 0.25) is 0 Å². The predicted octanol–water partition coefficient (Wildman–Crippen LogP) is 3.25. The molecular weight excluding hydrogens is 280 g/mol. The van der Waals surface area contributed by atoms with Crippen molar-refractivity contribution in [3.63, 3.8) is 0 Å². The highest BCUT2D eigenvalue weighted by molar-refractivity contribution is 5.96. The van der Waals surface area contributed by atoms with Crippen molar-refractivity contribution in [3.05, 3.63) is 59.7 Å². The maximum Gasteiger partial charge on any atom is 0.338 e. The first-order valence-electron chi connectivity index (χ1n) is 7.39. The van der Waals surface area contributed by atoms with Crippen molar-refractivity contribution in [3.8, 4) is 0 Å². The average molecular weight is 300 g/mol. The molecule has 2 rings (SSSR count). The predicted molar refractivity (Wildman–Crippen MR) is 84.0 cm³/mol. The van der Waals surface area contributed by atoms with Gasteiger partial charge in [-0.1, -0.05) is 25.3 Å². The molecule has 0 bridgehead atoms. The number of fused-ring (bicyclic) bond motifs is 1. The smallest absolute Gasteiger partial charge is 0.338 e. The SMILES string of the molecule is C=CCOC(=O)c1ccc(C(=O)OCC=C)c2c1CCCC2. The Morgan fingerprint density at radius 2 is 1.32 bits per heavy atom. The highest BCUT2D eigenvalue weighted by Gasteiger charge is 2.24. The summed E-state index contributed by atoms with van der Waals surface area (Å²) in [4.78, 5) is 24.3. The number of benzene rings is 1. The number of esters is 2. The standard InChI is InChI=1S/C18H20O4/c1-3-11-21-17(19)15-9-10-16(18(20)22-12-4-2)14-8-6-5-7-13(14)15/h3-4,9-10H,1-2,5-8,11-12H2. The van der Waals surface area contributed by atoms with Gasteiger partial charge in [-0.05, 0) is 48.9 Å². The van der Waals surface area contributed by atoms with Crippen LogP contribution in [0.3, 0.4) is 0 Å². The molecule has 1 aromatic carbocycles. The van der Waals surface area contributed by atoms with Gasteiger partial charge >= 0.3 is 11.9 Å². The Labute approximate surface area is 130 Å². The third-order valence-corrected chi connectivity index (χ3v) is 3.64. The summed E-state index contributed by atoms with van der Waals surface area (Å²) >= 11 is 0. The summed E-state index contributed by atoms with van der Waals surface area (Å²) in [6.07, 6.45) is 6.61. The summed E-state index contributed by atoms with van der Waals surface area (Å²) in [6, 6.07) is 3.31. The van der Waals surface area contributed by atoms with Crippen LogP contribution in [0.2, 0.25) is 0 Å². The fourth-order valence-electron chi connectivity index (χ4n) is 2.67. The van der Waals surface area contributed by atoms with Crippen molar-refractivity contribution in [1.29, 1.82) is 0 Å². The zero-order valence-electron chi connectivity index (χ0n) is 12.6. The first kappa shape index (κ1) is 16.0. The van der Waals surface area contributed by atoms with Gasteiger partial charge in [0.15, 0.2) is 0 Å². The average Bonchev–Trinajstić information content (AvgIpc) is 2.56. The first-order chi connectivity index (χ1) is 10.7. The molecule has 0 radical (unpaired) electrons. The third-order valence-electron chi connectivity index (χ3n) is 3.64. The molecule has 0 N–H and O–H groups in total. The highest BCUT2D eigenvalue weighted by atomic mass is 16.5. The van der Waals surface area contributed by atoms with Gasteiger partial charge in [-0.25, -0.2) is 9.59 Å². The maximum atomic E-state index is 12.1. The van der Waals surface area contributed by atoms with Crippen LogP contribution in [0.1, 0.15) is 44.7 Å². The molecule has 0 heterocycles. The van der Waals surface area contributed by atoms with E-state index >= 15 is 0 Å². The number of hydrogen-bond donors (Lipinski definition) is 0. The minimum absolute atomic E-state index is 0.177. The van der Waals surface area contributed by atoms with Crippen LogP contribution >= 0.6 is 0 Å². The molecule has 0 fully saturated rings. The van der Waals surface area contributed by atoms with E-state index in [1.54, 1.807) is 12.1 Å². The largest absolute Gasteiger partial charge is 0.458 e. The molecule has 1 aliphatic carbocycles. The number of ether oxygens (including phenoxy) is 2. The summed E-state index contributed by atoms with van der Waals surface area (Å²) in [5.74, 6) is -0.742. The van der Waals surface area contributed by atoms with Crippen LogP contribution in [0.15, 0.2) is 37.4 Å². The number of rotatable bonds is 6. The van der Waals surface area contributed by atoms with E-state index in [9.17, 15) is 9.59 Å². The van der Waals surface area contributed by atoms with E-state index in [1.807, 2.05) is 0 Å². The van der Waals surface area contributed by atoms with Crippen LogP contribution in [0.5, 0.6) is 0 Å². The number of carbonyl (C=O) groups excluding carboxylic acids is 2. The number of hydrogen-bond acceptors (Lipinski definition) is 4. The molecule has 116 valence electrons. The summed E-state index contributed by atoms with van der Waals surface area (Å²) in [7, 11) is 0. The lowest BCUT2D eigenvalue weighted by atomic mass is 9.85. The van der Waals surface area contributed by atoms with Crippen molar-refractivity contribution < 1.29 is 19.1 Å². The Hall–Kier alpha value is -2.36. The monoisotopic (exact) mass is 300 g/mol. The second-order valence-electron chi connectivity index (χ2n) is 5.10. The minimum Gasteiger partial charge on any atom is -0.458 e. The zero-order valence-corrected chi connectivity index (χ0v) is 12.6. The van der Waals surface area contributed by atoms with Gasteiger partial charge in [0, 0.05) is 0 Å². The van der Waals surface area contributed by atoms with E-state index in [0.717, 1.165) is 36.8 Å². The molecule has 1 aliphatic rings. The second-order valence-corrected chi connectivity index (χ2v) is 5.10. The van der Waals surface area contributed by atoms with Crippen LogP contribution in [0, 0.1) is 0 Å². The third kappa shape index (κ3) is 3.45. The van der Waals surface area contributed by atoms with E-state index < -0.39 is 0 Å². The molecule has 0 amide bonds. The van der Waals surface area contributed by atoms with Crippen LogP contribution in [-0.2, 0) is 22.3 Å². The first-order valence-corrected chi connectivity index (χ1v) is 7.39. The van der Waals surface area contributed by atoms with E-state index in [-0.39, 0.29) is 25.2 Å². The zero-order chi connectivity index (χ0) is 15.9. The van der Waals surface area contributed by atoms with Gasteiger partial charge in [0.1, 0.15) is 13.2 Å². The van der Waals surface area contributed by atoms with Gasteiger partial charge < -0.3 is 9.47 Å². The molecule has 0 saturated carbocycles. The van der Waals surface area contributed by atoms with Crippen molar-refractivity contribution >= 4 is 11.9 Å². The molecule has 0 spiro atoms. The molecule has 0 aromatic heterocycles. The highest BCUT2D eigenvalue weighted by Crippen LogP contribution is 2.29. The lowest BCUT2D eigenvalue weighted by molar-refractivity contribution is 0.0532. The quantitative estimate of drug-likeness (QED) is 0.598. The van der Waals surface area contributed by atoms with E-state index in [4.69, 9.17) is 9.47 Å². The Morgan fingerprint density at radius 3 is 1.68 bits per heavy atom. The van der Waals surface area contributed by atoms with Gasteiger partial charge in [-0.15, -0.1) is 0 Å². The van der Waals surface area contributed by atoms with Gasteiger partial charge in [0.25, 0.3) is 0 Å². The lowest BCUT2D eigenvalue weighted by Crippen LogP contribution is -2.18. The molecular formula is C18H20O4. The summed E-state index contributed by atoms with van der Waals surface area (Å²) < 4.78 is 10.2. The van der Waals surface area contributed by atoms with Crippen molar-refractivity contribution in [2.75, 3.05) is 13.2 Å². The lowest BCUT2D eigenvalue weighted by Gasteiger charge is -2.21. The Kier molecular flexibility index (Phi) is 5.53. The fraction of sp³-hybridized carbons (Fsp3) is 0.333. The van der Waals surface area contributed by atoms with E-state index in [0.29, 0.717) is 11.1 Å². The Bertz CT molecular complexity index is 548. The van der Waals surface area contributed by atoms with Crippen LogP contribution in [-0.4, -0.2) is 25.2 Å². The van der Waals surface area contributed by atoms with Crippen LogP contribution in [0.4, 0.5) is 0 Å². The molecule has 0 atom stereocenters. The molecule has 22 heavy (non-hydrogen) atoms. The maximum absolute atomic E-state index is 12.1. The molecule has 0 saturated heterocycles. The normalized spacial score (nSPS) is 12.9. The van der Waals surface area contributed by atoms with Crippen molar-refractivity contribution in [2.45, 2.75) is 25.7 Å². The molecule has 0 unspecified atom stereocenters. The van der Waals surface area contributed by atoms with Gasteiger partial charge in [-0.3, -0.25) is 0 Å². The number of carbonyl (C=O) groups is 2. The Balaban J connectivity index is 2.35.